The minimum absolute atomic E-state index is 0.202. The number of fused-ring (bicyclic) bond motifs is 1. The lowest BCUT2D eigenvalue weighted by Crippen LogP contribution is -2.31. The van der Waals surface area contributed by atoms with Crippen molar-refractivity contribution in [2.24, 2.45) is 4.99 Å². The van der Waals surface area contributed by atoms with Gasteiger partial charge in [-0.05, 0) is 55.7 Å². The Hall–Kier alpha value is -2.69. The topological polar surface area (TPSA) is 90.2 Å². The van der Waals surface area contributed by atoms with Gasteiger partial charge in [-0.25, -0.2) is 8.42 Å². The van der Waals surface area contributed by atoms with Gasteiger partial charge in [0.2, 0.25) is 10.0 Å². The zero-order chi connectivity index (χ0) is 25.0. The predicted octanol–water partition coefficient (Wildman–Crippen LogP) is 4.44. The van der Waals surface area contributed by atoms with Crippen molar-refractivity contribution >= 4 is 37.5 Å². The summed E-state index contributed by atoms with van der Waals surface area (Å²) in [5.41, 5.74) is 1.17. The Morgan fingerprint density at radius 2 is 1.60 bits per heavy atom. The Morgan fingerprint density at radius 1 is 0.971 bits per heavy atom. The van der Waals surface area contributed by atoms with Crippen LogP contribution in [0.1, 0.15) is 49.4 Å². The van der Waals surface area contributed by atoms with Gasteiger partial charge in [-0.2, -0.15) is 9.30 Å². The average molecular weight is 518 g/mol. The van der Waals surface area contributed by atoms with Gasteiger partial charge in [0.15, 0.2) is 4.80 Å². The summed E-state index contributed by atoms with van der Waals surface area (Å²) in [7, 11) is -0.357. The van der Waals surface area contributed by atoms with Crippen LogP contribution in [0.4, 0.5) is 0 Å². The molecule has 1 saturated heterocycles. The van der Waals surface area contributed by atoms with E-state index in [9.17, 15) is 13.2 Å². The van der Waals surface area contributed by atoms with Crippen molar-refractivity contribution in [3.8, 4) is 11.5 Å². The number of ether oxygens (including phenoxy) is 2. The number of benzene rings is 2. The summed E-state index contributed by atoms with van der Waals surface area (Å²) in [5, 5.41) is 0. The molecule has 1 fully saturated rings. The van der Waals surface area contributed by atoms with Crippen molar-refractivity contribution in [1.82, 2.24) is 8.87 Å². The SMILES string of the molecule is CCCn1c(=NC(=O)c2ccc(S(=O)(=O)N3CCCCCC3)cc2)sc2c(OC)ccc(OC)c21. The third-order valence-corrected chi connectivity index (χ3v) is 9.15. The predicted molar refractivity (Wildman–Crippen MR) is 137 cm³/mol. The molecule has 1 aliphatic rings. The van der Waals surface area contributed by atoms with Gasteiger partial charge in [-0.1, -0.05) is 31.1 Å². The number of nitrogens with zero attached hydrogens (tertiary/aromatic N) is 3. The summed E-state index contributed by atoms with van der Waals surface area (Å²) < 4.78 is 41.5. The van der Waals surface area contributed by atoms with Crippen molar-refractivity contribution in [2.45, 2.75) is 50.5 Å². The van der Waals surface area contributed by atoms with E-state index in [-0.39, 0.29) is 4.90 Å². The first-order valence-electron chi connectivity index (χ1n) is 11.8. The molecular weight excluding hydrogens is 486 g/mol. The quantitative estimate of drug-likeness (QED) is 0.462. The summed E-state index contributed by atoms with van der Waals surface area (Å²) in [6.45, 7) is 3.78. The number of carbonyl (C=O) groups is 1. The number of amides is 1. The number of thiazole rings is 1. The molecule has 8 nitrogen and oxygen atoms in total. The number of hydrogen-bond donors (Lipinski definition) is 0. The molecule has 0 atom stereocenters. The molecule has 1 aromatic heterocycles. The first kappa shape index (κ1) is 25.4. The molecule has 0 N–H and O–H groups in total. The second-order valence-corrected chi connectivity index (χ2v) is 11.4. The van der Waals surface area contributed by atoms with Gasteiger partial charge in [0, 0.05) is 25.2 Å². The Kier molecular flexibility index (Phi) is 7.93. The second-order valence-electron chi connectivity index (χ2n) is 8.44. The normalized spacial score (nSPS) is 15.8. The first-order chi connectivity index (χ1) is 16.9. The molecule has 3 aromatic rings. The maximum Gasteiger partial charge on any atom is 0.279 e. The van der Waals surface area contributed by atoms with E-state index >= 15 is 0 Å². The first-order valence-corrected chi connectivity index (χ1v) is 14.1. The van der Waals surface area contributed by atoms with Gasteiger partial charge < -0.3 is 14.0 Å². The van der Waals surface area contributed by atoms with E-state index in [1.807, 2.05) is 16.7 Å². The smallest absolute Gasteiger partial charge is 0.279 e. The van der Waals surface area contributed by atoms with Crippen LogP contribution >= 0.6 is 11.3 Å². The van der Waals surface area contributed by atoms with Gasteiger partial charge >= 0.3 is 0 Å². The van der Waals surface area contributed by atoms with Crippen molar-refractivity contribution in [2.75, 3.05) is 27.3 Å². The lowest BCUT2D eigenvalue weighted by atomic mass is 10.2. The van der Waals surface area contributed by atoms with Gasteiger partial charge in [-0.3, -0.25) is 4.79 Å². The van der Waals surface area contributed by atoms with Gasteiger partial charge in [-0.15, -0.1) is 0 Å². The van der Waals surface area contributed by atoms with E-state index in [0.717, 1.165) is 42.3 Å². The van der Waals surface area contributed by atoms with Gasteiger partial charge in [0.25, 0.3) is 5.91 Å². The molecule has 188 valence electrons. The van der Waals surface area contributed by atoms with Crippen molar-refractivity contribution < 1.29 is 22.7 Å². The highest BCUT2D eigenvalue weighted by Gasteiger charge is 2.25. The van der Waals surface area contributed by atoms with Crippen LogP contribution in [-0.2, 0) is 16.6 Å². The number of rotatable bonds is 7. The molecule has 0 aliphatic carbocycles. The minimum atomic E-state index is -3.57. The van der Waals surface area contributed by atoms with E-state index in [1.165, 1.54) is 35.6 Å². The molecule has 2 aromatic carbocycles. The number of sulfonamides is 1. The van der Waals surface area contributed by atoms with E-state index in [1.54, 1.807) is 18.5 Å². The molecule has 1 aliphatic heterocycles. The monoisotopic (exact) mass is 517 g/mol. The van der Waals surface area contributed by atoms with E-state index in [0.29, 0.717) is 41.5 Å². The molecule has 2 heterocycles. The van der Waals surface area contributed by atoms with Gasteiger partial charge in [0.1, 0.15) is 21.7 Å². The third kappa shape index (κ3) is 5.14. The molecule has 0 saturated carbocycles. The van der Waals surface area contributed by atoms with Crippen molar-refractivity contribution in [3.05, 3.63) is 46.8 Å². The second kappa shape index (κ2) is 10.9. The summed E-state index contributed by atoms with van der Waals surface area (Å²) in [5.74, 6) is 0.938. The van der Waals surface area contributed by atoms with Crippen LogP contribution in [0.25, 0.3) is 10.2 Å². The number of aryl methyl sites for hydroxylation is 1. The molecule has 35 heavy (non-hydrogen) atoms. The van der Waals surface area contributed by atoms with Crippen LogP contribution in [0, 0.1) is 0 Å². The third-order valence-electron chi connectivity index (χ3n) is 6.14. The number of aromatic nitrogens is 1. The Balaban J connectivity index is 1.70. The molecular formula is C25H31N3O5S2. The fourth-order valence-electron chi connectivity index (χ4n) is 4.32. The van der Waals surface area contributed by atoms with E-state index in [2.05, 4.69) is 11.9 Å². The highest BCUT2D eigenvalue weighted by atomic mass is 32.2. The fraction of sp³-hybridized carbons (Fsp3) is 0.440. The summed E-state index contributed by atoms with van der Waals surface area (Å²) in [6.07, 6.45) is 4.69. The van der Waals surface area contributed by atoms with Crippen LogP contribution < -0.4 is 14.3 Å². The number of hydrogen-bond acceptors (Lipinski definition) is 6. The molecule has 10 heteroatoms. The molecule has 0 bridgehead atoms. The fourth-order valence-corrected chi connectivity index (χ4v) is 7.00. The zero-order valence-corrected chi connectivity index (χ0v) is 22.0. The number of carbonyl (C=O) groups excluding carboxylic acids is 1. The molecule has 0 radical (unpaired) electrons. The molecule has 1 amide bonds. The highest BCUT2D eigenvalue weighted by Crippen LogP contribution is 2.35. The number of methoxy groups -OCH3 is 2. The Bertz CT molecular complexity index is 1370. The van der Waals surface area contributed by atoms with Crippen LogP contribution in [0.15, 0.2) is 46.3 Å². The van der Waals surface area contributed by atoms with E-state index in [4.69, 9.17) is 9.47 Å². The summed E-state index contributed by atoms with van der Waals surface area (Å²) in [6, 6.07) is 9.75. The molecule has 0 unspecified atom stereocenters. The van der Waals surface area contributed by atoms with Crippen LogP contribution in [0.5, 0.6) is 11.5 Å². The average Bonchev–Trinajstić information content (AvgIpc) is 3.03. The van der Waals surface area contributed by atoms with Crippen molar-refractivity contribution in [3.63, 3.8) is 0 Å². The maximum atomic E-state index is 13.1. The maximum absolute atomic E-state index is 13.1. The van der Waals surface area contributed by atoms with Gasteiger partial charge in [0.05, 0.1) is 19.1 Å². The van der Waals surface area contributed by atoms with E-state index < -0.39 is 15.9 Å². The zero-order valence-electron chi connectivity index (χ0n) is 20.3. The molecule has 4 rings (SSSR count). The Morgan fingerprint density at radius 3 is 2.20 bits per heavy atom. The van der Waals surface area contributed by atoms with Crippen molar-refractivity contribution in [1.29, 1.82) is 0 Å². The lowest BCUT2D eigenvalue weighted by Gasteiger charge is -2.19. The minimum Gasteiger partial charge on any atom is -0.495 e. The summed E-state index contributed by atoms with van der Waals surface area (Å²) in [4.78, 5) is 18.2. The Labute approximate surface area is 209 Å². The van der Waals surface area contributed by atoms with Crippen LogP contribution in [-0.4, -0.2) is 50.5 Å². The summed E-state index contributed by atoms with van der Waals surface area (Å²) >= 11 is 1.36. The standard InChI is InChI=1S/C25H31N3O5S2/c1-4-15-28-22-20(32-2)13-14-21(33-3)23(22)34-25(28)26-24(29)18-9-11-19(12-10-18)35(30,31)27-16-7-5-6-8-17-27/h9-14H,4-8,15-17H2,1-3H3. The van der Waals surface area contributed by atoms with Crippen LogP contribution in [0.3, 0.4) is 0 Å². The van der Waals surface area contributed by atoms with Crippen LogP contribution in [0.2, 0.25) is 0 Å². The lowest BCUT2D eigenvalue weighted by molar-refractivity contribution is 0.0997. The molecule has 0 spiro atoms. The largest absolute Gasteiger partial charge is 0.495 e. The highest BCUT2D eigenvalue weighted by molar-refractivity contribution is 7.89.